The van der Waals surface area contributed by atoms with Crippen molar-refractivity contribution in [3.8, 4) is 16.8 Å². The predicted molar refractivity (Wildman–Crippen MR) is 241 cm³/mol. The normalized spacial score (nSPS) is 11.9. The molecule has 10 aromatic carbocycles. The lowest BCUT2D eigenvalue weighted by Crippen LogP contribution is -2.10. The lowest BCUT2D eigenvalue weighted by atomic mass is 10.0. The van der Waals surface area contributed by atoms with E-state index in [2.05, 4.69) is 216 Å². The Kier molecular flexibility index (Phi) is 6.93. The first-order chi connectivity index (χ1) is 28.3. The molecule has 0 unspecified atom stereocenters. The first-order valence-corrected chi connectivity index (χ1v) is 19.5. The topological polar surface area (TPSA) is 21.3 Å². The molecule has 57 heavy (non-hydrogen) atoms. The van der Waals surface area contributed by atoms with Crippen molar-refractivity contribution in [1.82, 2.24) is 4.57 Å². The van der Waals surface area contributed by atoms with Crippen molar-refractivity contribution >= 4 is 93.1 Å². The van der Waals surface area contributed by atoms with Crippen molar-refractivity contribution in [2.24, 2.45) is 0 Å². The molecule has 0 spiro atoms. The molecule has 0 saturated heterocycles. The fourth-order valence-electron chi connectivity index (χ4n) is 9.07. The van der Waals surface area contributed by atoms with E-state index in [9.17, 15) is 0 Å². The molecule has 0 fully saturated rings. The first kappa shape index (κ1) is 31.7. The van der Waals surface area contributed by atoms with Crippen LogP contribution in [0.4, 0.5) is 17.1 Å². The van der Waals surface area contributed by atoms with Gasteiger partial charge in [-0.2, -0.15) is 0 Å². The highest BCUT2D eigenvalue weighted by molar-refractivity contribution is 6.18. The summed E-state index contributed by atoms with van der Waals surface area (Å²) in [6.07, 6.45) is 0. The number of hydrogen-bond acceptors (Lipinski definition) is 2. The van der Waals surface area contributed by atoms with Crippen LogP contribution in [0.1, 0.15) is 0 Å². The third-order valence-corrected chi connectivity index (χ3v) is 11.7. The van der Waals surface area contributed by atoms with Crippen molar-refractivity contribution in [3.05, 3.63) is 206 Å². The van der Waals surface area contributed by atoms with Gasteiger partial charge in [-0.15, -0.1) is 0 Å². The molecule has 0 N–H and O–H groups in total. The van der Waals surface area contributed by atoms with Crippen LogP contribution in [0.2, 0.25) is 0 Å². The maximum Gasteiger partial charge on any atom is 0.159 e. The van der Waals surface area contributed by atoms with Gasteiger partial charge >= 0.3 is 0 Å². The number of benzene rings is 10. The Labute approximate surface area is 328 Å². The quantitative estimate of drug-likeness (QED) is 0.165. The van der Waals surface area contributed by atoms with Crippen molar-refractivity contribution < 1.29 is 4.42 Å². The minimum absolute atomic E-state index is 0.866. The summed E-state index contributed by atoms with van der Waals surface area (Å²) in [7, 11) is 0. The highest BCUT2D eigenvalue weighted by Crippen LogP contribution is 2.45. The summed E-state index contributed by atoms with van der Waals surface area (Å²) in [6, 6.07) is 74.5. The molecule has 0 amide bonds. The minimum atomic E-state index is 0.866. The van der Waals surface area contributed by atoms with Gasteiger partial charge in [0.25, 0.3) is 0 Å². The molecule has 0 atom stereocenters. The van der Waals surface area contributed by atoms with E-state index in [1.807, 2.05) is 0 Å². The number of aromatic nitrogens is 1. The Bertz CT molecular complexity index is 3480. The van der Waals surface area contributed by atoms with Crippen LogP contribution in [-0.4, -0.2) is 4.57 Å². The standard InChI is InChI=1S/C54H34N2O/c1-3-15-43-36(11-1)23-24-38-27-31-42(34-49(38)43)55(52-22-10-19-47-48-32-28-37-12-2-4-16-44(37)53(48)57-54(47)52)40-29-25-35(26-30-40)39-13-9-14-41(33-39)56-50-20-7-5-17-45(50)46-18-6-8-21-51(46)56/h1-34H. The van der Waals surface area contributed by atoms with Crippen LogP contribution in [0.25, 0.3) is 92.9 Å². The Hall–Kier alpha value is -7.62. The number of fused-ring (bicyclic) bond motifs is 11. The van der Waals surface area contributed by atoms with E-state index < -0.39 is 0 Å². The second-order valence-electron chi connectivity index (χ2n) is 14.9. The van der Waals surface area contributed by atoms with Gasteiger partial charge in [0.15, 0.2) is 5.58 Å². The fraction of sp³-hybridized carbons (Fsp3) is 0. The molecule has 0 radical (unpaired) electrons. The van der Waals surface area contributed by atoms with Crippen molar-refractivity contribution in [1.29, 1.82) is 0 Å². The van der Waals surface area contributed by atoms with Gasteiger partial charge in [-0.3, -0.25) is 0 Å². The molecule has 2 aromatic heterocycles. The molecule has 3 nitrogen and oxygen atoms in total. The van der Waals surface area contributed by atoms with E-state index >= 15 is 0 Å². The van der Waals surface area contributed by atoms with Crippen LogP contribution in [0.3, 0.4) is 0 Å². The summed E-state index contributed by atoms with van der Waals surface area (Å²) in [4.78, 5) is 2.35. The van der Waals surface area contributed by atoms with Gasteiger partial charge in [0.1, 0.15) is 5.58 Å². The van der Waals surface area contributed by atoms with Gasteiger partial charge < -0.3 is 13.9 Å². The van der Waals surface area contributed by atoms with Gasteiger partial charge in [-0.1, -0.05) is 146 Å². The van der Waals surface area contributed by atoms with Crippen LogP contribution in [-0.2, 0) is 0 Å². The smallest absolute Gasteiger partial charge is 0.159 e. The molecule has 0 aliphatic heterocycles. The molecule has 12 aromatic rings. The number of rotatable bonds is 5. The van der Waals surface area contributed by atoms with E-state index in [-0.39, 0.29) is 0 Å². The predicted octanol–water partition coefficient (Wildman–Crippen LogP) is 15.3. The first-order valence-electron chi connectivity index (χ1n) is 19.5. The second-order valence-corrected chi connectivity index (χ2v) is 14.9. The maximum atomic E-state index is 6.94. The lowest BCUT2D eigenvalue weighted by Gasteiger charge is -2.26. The van der Waals surface area contributed by atoms with E-state index in [0.29, 0.717) is 0 Å². The van der Waals surface area contributed by atoms with Gasteiger partial charge in [0, 0.05) is 44.0 Å². The Balaban J connectivity index is 1.03. The van der Waals surface area contributed by atoms with Crippen LogP contribution >= 0.6 is 0 Å². The molecule has 0 aliphatic carbocycles. The van der Waals surface area contributed by atoms with Crippen LogP contribution in [0, 0.1) is 0 Å². The van der Waals surface area contributed by atoms with Crippen LogP contribution in [0.15, 0.2) is 211 Å². The van der Waals surface area contributed by atoms with Crippen LogP contribution < -0.4 is 4.90 Å². The summed E-state index contributed by atoms with van der Waals surface area (Å²) in [5, 5.41) is 11.9. The van der Waals surface area contributed by atoms with Crippen molar-refractivity contribution in [3.63, 3.8) is 0 Å². The molecular formula is C54H34N2O. The Morgan fingerprint density at radius 2 is 0.895 bits per heavy atom. The zero-order valence-corrected chi connectivity index (χ0v) is 30.9. The summed E-state index contributed by atoms with van der Waals surface area (Å²) in [5.74, 6) is 0. The fourth-order valence-corrected chi connectivity index (χ4v) is 9.07. The molecule has 266 valence electrons. The largest absolute Gasteiger partial charge is 0.453 e. The van der Waals surface area contributed by atoms with Crippen molar-refractivity contribution in [2.45, 2.75) is 0 Å². The molecule has 0 bridgehead atoms. The SMILES string of the molecule is c1cc(-c2ccc(N(c3ccc4ccc5ccccc5c4c3)c3cccc4c3oc3c5ccccc5ccc43)cc2)cc(-n2c3ccccc3c3ccccc32)c1. The average molecular weight is 727 g/mol. The summed E-state index contributed by atoms with van der Waals surface area (Å²) >= 11 is 0. The van der Waals surface area contributed by atoms with Gasteiger partial charge in [-0.25, -0.2) is 0 Å². The zero-order valence-electron chi connectivity index (χ0n) is 30.9. The van der Waals surface area contributed by atoms with Gasteiger partial charge in [0.2, 0.25) is 0 Å². The number of furan rings is 1. The molecule has 0 aliphatic rings. The van der Waals surface area contributed by atoms with Crippen LogP contribution in [0.5, 0.6) is 0 Å². The third kappa shape index (κ3) is 4.92. The Morgan fingerprint density at radius 1 is 0.333 bits per heavy atom. The monoisotopic (exact) mass is 726 g/mol. The van der Waals surface area contributed by atoms with Crippen molar-refractivity contribution in [2.75, 3.05) is 4.90 Å². The summed E-state index contributed by atoms with van der Waals surface area (Å²) in [6.45, 7) is 0. The average Bonchev–Trinajstić information content (AvgIpc) is 3.84. The highest BCUT2D eigenvalue weighted by atomic mass is 16.3. The van der Waals surface area contributed by atoms with E-state index in [1.54, 1.807) is 0 Å². The second kappa shape index (κ2) is 12.5. The number of nitrogens with zero attached hydrogens (tertiary/aromatic N) is 2. The summed E-state index contributed by atoms with van der Waals surface area (Å²) in [5.41, 5.74) is 10.8. The third-order valence-electron chi connectivity index (χ3n) is 11.7. The van der Waals surface area contributed by atoms with Gasteiger partial charge in [0.05, 0.1) is 16.7 Å². The lowest BCUT2D eigenvalue weighted by molar-refractivity contribution is 0.673. The number of para-hydroxylation sites is 3. The van der Waals surface area contributed by atoms with E-state index in [0.717, 1.165) is 61.2 Å². The zero-order chi connectivity index (χ0) is 37.5. The minimum Gasteiger partial charge on any atom is -0.453 e. The molecule has 3 heteroatoms. The van der Waals surface area contributed by atoms with E-state index in [1.165, 1.54) is 48.7 Å². The molecule has 12 rings (SSSR count). The molecular weight excluding hydrogens is 693 g/mol. The molecule has 2 heterocycles. The van der Waals surface area contributed by atoms with Gasteiger partial charge in [-0.05, 0) is 98.7 Å². The number of hydrogen-bond donors (Lipinski definition) is 0. The molecule has 0 saturated carbocycles. The summed E-state index contributed by atoms with van der Waals surface area (Å²) < 4.78 is 9.32. The highest BCUT2D eigenvalue weighted by Gasteiger charge is 2.21. The Morgan fingerprint density at radius 3 is 1.67 bits per heavy atom. The maximum absolute atomic E-state index is 6.94. The van der Waals surface area contributed by atoms with E-state index in [4.69, 9.17) is 4.42 Å². The number of anilines is 3.